The fraction of sp³-hybridized carbons (Fsp3) is 0.455. The van der Waals surface area contributed by atoms with Crippen molar-refractivity contribution in [2.45, 2.75) is 19.3 Å². The molecular formula is C11H14N4. The van der Waals surface area contributed by atoms with Gasteiger partial charge in [0.1, 0.15) is 11.5 Å². The van der Waals surface area contributed by atoms with Crippen molar-refractivity contribution in [2.24, 2.45) is 0 Å². The summed E-state index contributed by atoms with van der Waals surface area (Å²) in [6.45, 7) is 4.15. The van der Waals surface area contributed by atoms with Crippen molar-refractivity contribution in [1.29, 1.82) is 0 Å². The van der Waals surface area contributed by atoms with Crippen LogP contribution in [0.25, 0.3) is 5.65 Å². The fourth-order valence-corrected chi connectivity index (χ4v) is 2.23. The second kappa shape index (κ2) is 3.31. The van der Waals surface area contributed by atoms with Crippen LogP contribution in [-0.4, -0.2) is 27.5 Å². The van der Waals surface area contributed by atoms with Crippen LogP contribution >= 0.6 is 0 Å². The Morgan fingerprint density at radius 3 is 3.27 bits per heavy atom. The maximum atomic E-state index is 4.64. The molecule has 2 aromatic rings. The molecule has 1 aliphatic heterocycles. The summed E-state index contributed by atoms with van der Waals surface area (Å²) in [6, 6.07) is 2.02. The van der Waals surface area contributed by atoms with Gasteiger partial charge < -0.3 is 5.32 Å². The summed E-state index contributed by atoms with van der Waals surface area (Å²) in [5.74, 6) is 1.68. The van der Waals surface area contributed by atoms with Gasteiger partial charge in [-0.05, 0) is 19.9 Å². The SMILES string of the molecule is Cc1cc2nccn2c(C2CCNC2)n1. The first-order valence-electron chi connectivity index (χ1n) is 5.36. The van der Waals surface area contributed by atoms with Crippen molar-refractivity contribution < 1.29 is 0 Å². The first-order valence-corrected chi connectivity index (χ1v) is 5.36. The summed E-state index contributed by atoms with van der Waals surface area (Å²) in [7, 11) is 0. The molecule has 4 heteroatoms. The molecule has 0 aliphatic carbocycles. The lowest BCUT2D eigenvalue weighted by Gasteiger charge is -2.11. The van der Waals surface area contributed by atoms with Crippen molar-refractivity contribution in [1.82, 2.24) is 19.7 Å². The summed E-state index contributed by atoms with van der Waals surface area (Å²) in [6.07, 6.45) is 5.00. The van der Waals surface area contributed by atoms with E-state index in [9.17, 15) is 0 Å². The molecular weight excluding hydrogens is 188 g/mol. The Kier molecular flexibility index (Phi) is 1.95. The molecule has 1 aliphatic rings. The van der Waals surface area contributed by atoms with Crippen LogP contribution in [0.5, 0.6) is 0 Å². The third-order valence-electron chi connectivity index (χ3n) is 2.97. The topological polar surface area (TPSA) is 42.2 Å². The first kappa shape index (κ1) is 8.85. The van der Waals surface area contributed by atoms with Gasteiger partial charge in [-0.25, -0.2) is 9.97 Å². The quantitative estimate of drug-likeness (QED) is 0.753. The highest BCUT2D eigenvalue weighted by molar-refractivity contribution is 5.40. The minimum Gasteiger partial charge on any atom is -0.316 e. The van der Waals surface area contributed by atoms with E-state index in [0.29, 0.717) is 5.92 Å². The van der Waals surface area contributed by atoms with Crippen LogP contribution in [0, 0.1) is 6.92 Å². The van der Waals surface area contributed by atoms with Crippen LogP contribution in [0.1, 0.15) is 23.9 Å². The highest BCUT2D eigenvalue weighted by Crippen LogP contribution is 2.21. The molecule has 1 atom stereocenters. The number of rotatable bonds is 1. The monoisotopic (exact) mass is 202 g/mol. The molecule has 1 saturated heterocycles. The Hall–Kier alpha value is -1.42. The maximum Gasteiger partial charge on any atom is 0.139 e. The van der Waals surface area contributed by atoms with Gasteiger partial charge >= 0.3 is 0 Å². The van der Waals surface area contributed by atoms with Crippen LogP contribution < -0.4 is 5.32 Å². The van der Waals surface area contributed by atoms with E-state index >= 15 is 0 Å². The van der Waals surface area contributed by atoms with Crippen LogP contribution in [0.15, 0.2) is 18.5 Å². The van der Waals surface area contributed by atoms with Crippen LogP contribution in [0.2, 0.25) is 0 Å². The molecule has 3 rings (SSSR count). The number of aromatic nitrogens is 3. The summed E-state index contributed by atoms with van der Waals surface area (Å²) in [5, 5.41) is 3.37. The minimum absolute atomic E-state index is 0.529. The molecule has 0 radical (unpaired) electrons. The summed E-state index contributed by atoms with van der Waals surface area (Å²) >= 11 is 0. The van der Waals surface area contributed by atoms with E-state index in [1.54, 1.807) is 0 Å². The molecule has 3 heterocycles. The van der Waals surface area contributed by atoms with Crippen LogP contribution in [0.4, 0.5) is 0 Å². The zero-order valence-corrected chi connectivity index (χ0v) is 8.77. The van der Waals surface area contributed by atoms with E-state index in [2.05, 4.69) is 19.7 Å². The Labute approximate surface area is 88.4 Å². The Morgan fingerprint density at radius 1 is 1.53 bits per heavy atom. The molecule has 1 N–H and O–H groups in total. The number of fused-ring (bicyclic) bond motifs is 1. The third-order valence-corrected chi connectivity index (χ3v) is 2.97. The standard InChI is InChI=1S/C11H14N4/c1-8-6-10-13-4-5-15(10)11(14-8)9-2-3-12-7-9/h4-6,9,12H,2-3,7H2,1H3. The molecule has 0 aromatic carbocycles. The first-order chi connectivity index (χ1) is 7.34. The maximum absolute atomic E-state index is 4.64. The number of aryl methyl sites for hydroxylation is 1. The van der Waals surface area contributed by atoms with Gasteiger partial charge in [-0.3, -0.25) is 4.40 Å². The average molecular weight is 202 g/mol. The minimum atomic E-state index is 0.529. The zero-order chi connectivity index (χ0) is 10.3. The lowest BCUT2D eigenvalue weighted by atomic mass is 10.1. The van der Waals surface area contributed by atoms with Gasteiger partial charge in [0.05, 0.1) is 0 Å². The predicted octanol–water partition coefficient (Wildman–Crippen LogP) is 1.11. The second-order valence-electron chi connectivity index (χ2n) is 4.10. The van der Waals surface area contributed by atoms with Gasteiger partial charge in [-0.15, -0.1) is 0 Å². The molecule has 2 aromatic heterocycles. The van der Waals surface area contributed by atoms with E-state index < -0.39 is 0 Å². The summed E-state index contributed by atoms with van der Waals surface area (Å²) < 4.78 is 2.10. The number of imidazole rings is 1. The highest BCUT2D eigenvalue weighted by atomic mass is 15.1. The lowest BCUT2D eigenvalue weighted by molar-refractivity contribution is 0.683. The summed E-state index contributed by atoms with van der Waals surface area (Å²) in [4.78, 5) is 8.95. The van der Waals surface area contributed by atoms with Crippen molar-refractivity contribution in [3.63, 3.8) is 0 Å². The summed E-state index contributed by atoms with van der Waals surface area (Å²) in [5.41, 5.74) is 2.06. The van der Waals surface area contributed by atoms with E-state index in [0.717, 1.165) is 30.3 Å². The normalized spacial score (nSPS) is 21.3. The lowest BCUT2D eigenvalue weighted by Crippen LogP contribution is -2.12. The molecule has 1 fully saturated rings. The fourth-order valence-electron chi connectivity index (χ4n) is 2.23. The van der Waals surface area contributed by atoms with Crippen molar-refractivity contribution >= 4 is 5.65 Å². The molecule has 4 nitrogen and oxygen atoms in total. The largest absolute Gasteiger partial charge is 0.316 e. The second-order valence-corrected chi connectivity index (χ2v) is 4.10. The molecule has 0 bridgehead atoms. The van der Waals surface area contributed by atoms with Crippen molar-refractivity contribution in [3.05, 3.63) is 30.0 Å². The number of nitrogens with zero attached hydrogens (tertiary/aromatic N) is 3. The van der Waals surface area contributed by atoms with Gasteiger partial charge in [0.25, 0.3) is 0 Å². The third kappa shape index (κ3) is 1.41. The Balaban J connectivity index is 2.18. The number of hydrogen-bond donors (Lipinski definition) is 1. The molecule has 78 valence electrons. The van der Waals surface area contributed by atoms with Gasteiger partial charge in [-0.1, -0.05) is 0 Å². The molecule has 0 spiro atoms. The Bertz CT molecular complexity index is 482. The predicted molar refractivity (Wildman–Crippen MR) is 58.0 cm³/mol. The average Bonchev–Trinajstić information content (AvgIpc) is 2.86. The van der Waals surface area contributed by atoms with Crippen molar-refractivity contribution in [2.75, 3.05) is 13.1 Å². The smallest absolute Gasteiger partial charge is 0.139 e. The van der Waals surface area contributed by atoms with Crippen LogP contribution in [-0.2, 0) is 0 Å². The molecule has 0 amide bonds. The van der Waals surface area contributed by atoms with Gasteiger partial charge in [0.15, 0.2) is 0 Å². The Morgan fingerprint density at radius 2 is 2.47 bits per heavy atom. The van der Waals surface area contributed by atoms with E-state index in [4.69, 9.17) is 0 Å². The molecule has 0 saturated carbocycles. The molecule has 1 unspecified atom stereocenters. The van der Waals surface area contributed by atoms with Gasteiger partial charge in [-0.2, -0.15) is 0 Å². The molecule has 15 heavy (non-hydrogen) atoms. The van der Waals surface area contributed by atoms with E-state index in [1.807, 2.05) is 25.4 Å². The van der Waals surface area contributed by atoms with Gasteiger partial charge in [0, 0.05) is 36.6 Å². The van der Waals surface area contributed by atoms with E-state index in [-0.39, 0.29) is 0 Å². The highest BCUT2D eigenvalue weighted by Gasteiger charge is 2.20. The van der Waals surface area contributed by atoms with E-state index in [1.165, 1.54) is 6.42 Å². The van der Waals surface area contributed by atoms with Gasteiger partial charge in [0.2, 0.25) is 0 Å². The zero-order valence-electron chi connectivity index (χ0n) is 8.77. The number of nitrogens with one attached hydrogen (secondary N) is 1. The van der Waals surface area contributed by atoms with Crippen LogP contribution in [0.3, 0.4) is 0 Å². The number of hydrogen-bond acceptors (Lipinski definition) is 3. The van der Waals surface area contributed by atoms with Crippen molar-refractivity contribution in [3.8, 4) is 0 Å².